The summed E-state index contributed by atoms with van der Waals surface area (Å²) in [5, 5.41) is 0. The zero-order chi connectivity index (χ0) is 17.2. The Morgan fingerprint density at radius 2 is 1.72 bits per heavy atom. The van der Waals surface area contributed by atoms with Crippen LogP contribution >= 0.6 is 0 Å². The maximum Gasteiger partial charge on any atom is 0.282 e. The predicted octanol–water partition coefficient (Wildman–Crippen LogP) is 1.37. The van der Waals surface area contributed by atoms with Crippen molar-refractivity contribution in [1.29, 1.82) is 0 Å². The molecule has 4 heteroatoms. The number of amides is 1. The first-order valence-electron chi connectivity index (χ1n) is 9.26. The second-order valence-corrected chi connectivity index (χ2v) is 7.19. The summed E-state index contributed by atoms with van der Waals surface area (Å²) in [4.78, 5) is 18.8. The lowest BCUT2D eigenvalue weighted by Crippen LogP contribution is -3.16. The molecule has 0 unspecified atom stereocenters. The molecule has 2 aliphatic heterocycles. The van der Waals surface area contributed by atoms with E-state index in [-0.39, 0.29) is 11.9 Å². The van der Waals surface area contributed by atoms with E-state index in [0.29, 0.717) is 6.54 Å². The Morgan fingerprint density at radius 1 is 1.04 bits per heavy atom. The van der Waals surface area contributed by atoms with E-state index in [4.69, 9.17) is 0 Å². The molecule has 1 saturated heterocycles. The minimum atomic E-state index is 0.264. The number of carbonyl (C=O) groups is 1. The van der Waals surface area contributed by atoms with Crippen LogP contribution in [0.2, 0.25) is 0 Å². The summed E-state index contributed by atoms with van der Waals surface area (Å²) in [7, 11) is 0. The van der Waals surface area contributed by atoms with Crippen LogP contribution in [0.4, 0.5) is 11.4 Å². The van der Waals surface area contributed by atoms with Crippen LogP contribution in [0.3, 0.4) is 0 Å². The van der Waals surface area contributed by atoms with Crippen LogP contribution in [-0.2, 0) is 11.2 Å². The predicted molar refractivity (Wildman–Crippen MR) is 101 cm³/mol. The normalized spacial score (nSPS) is 20.6. The maximum atomic E-state index is 12.9. The molecule has 4 rings (SSSR count). The summed E-state index contributed by atoms with van der Waals surface area (Å²) in [6, 6.07) is 19.2. The van der Waals surface area contributed by atoms with Crippen molar-refractivity contribution in [1.82, 2.24) is 0 Å². The number of benzene rings is 2. The van der Waals surface area contributed by atoms with Gasteiger partial charge in [-0.25, -0.2) is 0 Å². The lowest BCUT2D eigenvalue weighted by molar-refractivity contribution is -0.892. The summed E-state index contributed by atoms with van der Waals surface area (Å²) >= 11 is 0. The molecule has 0 radical (unpaired) electrons. The van der Waals surface area contributed by atoms with Crippen molar-refractivity contribution in [3.63, 3.8) is 0 Å². The van der Waals surface area contributed by atoms with Gasteiger partial charge in [0.1, 0.15) is 0 Å². The van der Waals surface area contributed by atoms with Gasteiger partial charge in [-0.2, -0.15) is 0 Å². The Balaban J connectivity index is 1.37. The Bertz CT molecular complexity index is 738. The maximum absolute atomic E-state index is 12.9. The van der Waals surface area contributed by atoms with E-state index in [9.17, 15) is 4.79 Å². The Hall–Kier alpha value is -2.33. The molecule has 0 saturated carbocycles. The van der Waals surface area contributed by atoms with Crippen LogP contribution in [0.1, 0.15) is 12.5 Å². The highest BCUT2D eigenvalue weighted by atomic mass is 16.2. The van der Waals surface area contributed by atoms with Crippen LogP contribution in [0.25, 0.3) is 0 Å². The lowest BCUT2D eigenvalue weighted by atomic mass is 10.1. The molecule has 0 aliphatic carbocycles. The summed E-state index contributed by atoms with van der Waals surface area (Å²) in [6.07, 6.45) is 0.971. The van der Waals surface area contributed by atoms with Gasteiger partial charge in [0.05, 0.1) is 26.2 Å². The standard InChI is InChI=1S/C21H25N3O/c1-17-15-18-7-5-6-10-20(18)24(17)21(25)16-22-11-13-23(14-12-22)19-8-3-2-4-9-19/h2-10,17H,11-16H2,1H3/p+1/t17-/m1/s1. The highest BCUT2D eigenvalue weighted by molar-refractivity contribution is 5.96. The van der Waals surface area contributed by atoms with E-state index in [1.807, 2.05) is 11.0 Å². The molecule has 130 valence electrons. The third-order valence-electron chi connectivity index (χ3n) is 5.47. The van der Waals surface area contributed by atoms with Gasteiger partial charge in [0.15, 0.2) is 6.54 Å². The van der Waals surface area contributed by atoms with Crippen LogP contribution in [-0.4, -0.2) is 44.7 Å². The molecule has 25 heavy (non-hydrogen) atoms. The van der Waals surface area contributed by atoms with E-state index in [2.05, 4.69) is 60.4 Å². The first-order valence-corrected chi connectivity index (χ1v) is 9.26. The minimum Gasteiger partial charge on any atom is -0.360 e. The molecular formula is C21H26N3O+. The number of carbonyl (C=O) groups excluding carboxylic acids is 1. The fourth-order valence-corrected chi connectivity index (χ4v) is 4.14. The van der Waals surface area contributed by atoms with Crippen LogP contribution in [0.5, 0.6) is 0 Å². The van der Waals surface area contributed by atoms with Crippen molar-refractivity contribution >= 4 is 17.3 Å². The second-order valence-electron chi connectivity index (χ2n) is 7.19. The zero-order valence-electron chi connectivity index (χ0n) is 14.8. The molecule has 0 bridgehead atoms. The largest absolute Gasteiger partial charge is 0.360 e. The van der Waals surface area contributed by atoms with E-state index in [1.54, 1.807) is 0 Å². The number of nitrogens with zero attached hydrogens (tertiary/aromatic N) is 2. The van der Waals surface area contributed by atoms with E-state index in [1.165, 1.54) is 16.2 Å². The highest BCUT2D eigenvalue weighted by Crippen LogP contribution is 2.31. The van der Waals surface area contributed by atoms with E-state index in [0.717, 1.165) is 38.3 Å². The second kappa shape index (κ2) is 6.89. The first-order chi connectivity index (χ1) is 12.2. The van der Waals surface area contributed by atoms with Crippen molar-refractivity contribution < 1.29 is 9.69 Å². The molecule has 1 fully saturated rings. The van der Waals surface area contributed by atoms with Crippen molar-refractivity contribution in [2.75, 3.05) is 42.5 Å². The summed E-state index contributed by atoms with van der Waals surface area (Å²) < 4.78 is 0. The molecule has 1 atom stereocenters. The molecular weight excluding hydrogens is 310 g/mol. The van der Waals surface area contributed by atoms with Crippen molar-refractivity contribution in [2.24, 2.45) is 0 Å². The third kappa shape index (κ3) is 3.27. The summed E-state index contributed by atoms with van der Waals surface area (Å²) in [6.45, 7) is 6.81. The average Bonchev–Trinajstić information content (AvgIpc) is 2.99. The van der Waals surface area contributed by atoms with Crippen LogP contribution in [0.15, 0.2) is 54.6 Å². The van der Waals surface area contributed by atoms with E-state index >= 15 is 0 Å². The number of hydrogen-bond donors (Lipinski definition) is 1. The van der Waals surface area contributed by atoms with Gasteiger partial charge in [0.2, 0.25) is 0 Å². The van der Waals surface area contributed by atoms with Crippen LogP contribution in [0, 0.1) is 0 Å². The van der Waals surface area contributed by atoms with Gasteiger partial charge in [-0.05, 0) is 37.1 Å². The SMILES string of the molecule is C[C@@H]1Cc2ccccc2N1C(=O)C[NH+]1CCN(c2ccccc2)CC1. The van der Waals surface area contributed by atoms with Gasteiger partial charge in [0.25, 0.3) is 5.91 Å². The Kier molecular flexibility index (Phi) is 4.45. The van der Waals surface area contributed by atoms with Gasteiger partial charge >= 0.3 is 0 Å². The number of fused-ring (bicyclic) bond motifs is 1. The molecule has 1 amide bonds. The Morgan fingerprint density at radius 3 is 2.48 bits per heavy atom. The monoisotopic (exact) mass is 336 g/mol. The number of hydrogen-bond acceptors (Lipinski definition) is 2. The average molecular weight is 336 g/mol. The topological polar surface area (TPSA) is 28.0 Å². The fourth-order valence-electron chi connectivity index (χ4n) is 4.14. The van der Waals surface area contributed by atoms with Crippen molar-refractivity contribution in [3.8, 4) is 0 Å². The van der Waals surface area contributed by atoms with Gasteiger partial charge in [-0.3, -0.25) is 4.79 Å². The van der Waals surface area contributed by atoms with Crippen molar-refractivity contribution in [3.05, 3.63) is 60.2 Å². The Labute approximate surface area is 149 Å². The van der Waals surface area contributed by atoms with Gasteiger partial charge < -0.3 is 14.7 Å². The molecule has 2 aromatic carbocycles. The summed E-state index contributed by atoms with van der Waals surface area (Å²) in [5.41, 5.74) is 3.70. The van der Waals surface area contributed by atoms with Gasteiger partial charge in [-0.15, -0.1) is 0 Å². The lowest BCUT2D eigenvalue weighted by Gasteiger charge is -2.34. The zero-order valence-corrected chi connectivity index (χ0v) is 14.8. The number of quaternary nitrogens is 1. The molecule has 0 aromatic heterocycles. The smallest absolute Gasteiger partial charge is 0.282 e. The summed E-state index contributed by atoms with van der Waals surface area (Å²) in [5.74, 6) is 0.264. The van der Waals surface area contributed by atoms with Gasteiger partial charge in [-0.1, -0.05) is 36.4 Å². The number of piperazine rings is 1. The minimum absolute atomic E-state index is 0.264. The number of nitrogens with one attached hydrogen (secondary N) is 1. The van der Waals surface area contributed by atoms with Crippen molar-refractivity contribution in [2.45, 2.75) is 19.4 Å². The quantitative estimate of drug-likeness (QED) is 0.917. The molecule has 2 aromatic rings. The molecule has 2 heterocycles. The van der Waals surface area contributed by atoms with Gasteiger partial charge in [0, 0.05) is 17.4 Å². The fraction of sp³-hybridized carbons (Fsp3) is 0.381. The highest BCUT2D eigenvalue weighted by Gasteiger charge is 2.33. The number of para-hydroxylation sites is 2. The van der Waals surface area contributed by atoms with E-state index < -0.39 is 0 Å². The third-order valence-corrected chi connectivity index (χ3v) is 5.47. The number of rotatable bonds is 3. The first kappa shape index (κ1) is 16.2. The molecule has 1 N–H and O–H groups in total. The van der Waals surface area contributed by atoms with Crippen LogP contribution < -0.4 is 14.7 Å². The number of anilines is 2. The molecule has 0 spiro atoms. The molecule has 4 nitrogen and oxygen atoms in total. The molecule has 2 aliphatic rings.